The monoisotopic (exact) mass is 449 g/mol. The van der Waals surface area contributed by atoms with Gasteiger partial charge in [-0.05, 0) is 69.1 Å². The fraction of sp³-hybridized carbons (Fsp3) is 0.600. The van der Waals surface area contributed by atoms with Crippen molar-refractivity contribution in [1.29, 1.82) is 0 Å². The summed E-state index contributed by atoms with van der Waals surface area (Å²) in [5, 5.41) is 0. The molecule has 0 aromatic carbocycles. The van der Waals surface area contributed by atoms with Gasteiger partial charge in [-0.1, -0.05) is 76.0 Å². The number of hydrogen-bond donors (Lipinski definition) is 1. The molecule has 0 aliphatic heterocycles. The maximum atomic E-state index is 13.5. The highest BCUT2D eigenvalue weighted by Crippen LogP contribution is 2.46. The van der Waals surface area contributed by atoms with Crippen LogP contribution in [0.25, 0.3) is 0 Å². The summed E-state index contributed by atoms with van der Waals surface area (Å²) in [6.07, 6.45) is 14.4. The number of ketones is 2. The zero-order chi connectivity index (χ0) is 24.4. The fourth-order valence-electron chi connectivity index (χ4n) is 5.33. The van der Waals surface area contributed by atoms with Crippen LogP contribution in [0.15, 0.2) is 57.2 Å². The first kappa shape index (κ1) is 25.6. The highest BCUT2D eigenvalue weighted by atomic mass is 16.1. The first-order valence-electron chi connectivity index (χ1n) is 12.9. The van der Waals surface area contributed by atoms with Crippen molar-refractivity contribution in [3.8, 4) is 0 Å². The van der Waals surface area contributed by atoms with Gasteiger partial charge < -0.3 is 5.73 Å². The molecule has 0 heterocycles. The molecule has 0 saturated carbocycles. The second kappa shape index (κ2) is 10.1. The number of Topliss-reactive ketones (excluding diaryl/α,β-unsaturated/α-hetero) is 2. The Bertz CT molecular complexity index is 983. The average molecular weight is 450 g/mol. The van der Waals surface area contributed by atoms with Crippen LogP contribution in [-0.4, -0.2) is 18.1 Å². The molecule has 3 nitrogen and oxygen atoms in total. The molecule has 3 rings (SSSR count). The highest BCUT2D eigenvalue weighted by Gasteiger charge is 2.39. The number of allylic oxidation sites excluding steroid dienone is 9. The minimum Gasteiger partial charge on any atom is -0.330 e. The Kier molecular flexibility index (Phi) is 7.84. The molecule has 0 fully saturated rings. The Morgan fingerprint density at radius 2 is 1.58 bits per heavy atom. The van der Waals surface area contributed by atoms with Crippen LogP contribution in [0.1, 0.15) is 99.3 Å². The SMILES string of the molecule is CCCC1=CCC2=C(C1)C(=O)C1=C(CC(C(C)(CC)CC/C=C(\C)C(C)(C)CN)=CC1)C2=O. The van der Waals surface area contributed by atoms with Gasteiger partial charge in [0.05, 0.1) is 0 Å². The van der Waals surface area contributed by atoms with E-state index >= 15 is 0 Å². The van der Waals surface area contributed by atoms with E-state index in [4.69, 9.17) is 5.73 Å². The van der Waals surface area contributed by atoms with Crippen molar-refractivity contribution >= 4 is 11.6 Å². The van der Waals surface area contributed by atoms with Gasteiger partial charge in [0.1, 0.15) is 0 Å². The van der Waals surface area contributed by atoms with Crippen molar-refractivity contribution < 1.29 is 9.59 Å². The number of rotatable bonds is 9. The Hall–Kier alpha value is -2.00. The lowest BCUT2D eigenvalue weighted by atomic mass is 9.67. The Morgan fingerprint density at radius 3 is 2.15 bits per heavy atom. The molecule has 1 atom stereocenters. The van der Waals surface area contributed by atoms with E-state index in [2.05, 4.69) is 59.8 Å². The normalized spacial score (nSPS) is 21.5. The summed E-state index contributed by atoms with van der Waals surface area (Å²) in [5.41, 5.74) is 13.1. The van der Waals surface area contributed by atoms with Gasteiger partial charge in [0.2, 0.25) is 0 Å². The summed E-state index contributed by atoms with van der Waals surface area (Å²) < 4.78 is 0. The van der Waals surface area contributed by atoms with Gasteiger partial charge in [-0.15, -0.1) is 0 Å². The molecule has 0 saturated heterocycles. The zero-order valence-corrected chi connectivity index (χ0v) is 21.7. The Morgan fingerprint density at radius 1 is 0.970 bits per heavy atom. The van der Waals surface area contributed by atoms with Crippen LogP contribution >= 0.6 is 0 Å². The molecular weight excluding hydrogens is 406 g/mol. The van der Waals surface area contributed by atoms with E-state index in [1.807, 2.05) is 0 Å². The topological polar surface area (TPSA) is 60.2 Å². The number of carbonyl (C=O) groups excluding carboxylic acids is 2. The predicted molar refractivity (Wildman–Crippen MR) is 138 cm³/mol. The van der Waals surface area contributed by atoms with Crippen LogP contribution in [0.3, 0.4) is 0 Å². The molecule has 3 aliphatic rings. The van der Waals surface area contributed by atoms with E-state index in [0.29, 0.717) is 32.2 Å². The van der Waals surface area contributed by atoms with Crippen LogP contribution < -0.4 is 5.73 Å². The van der Waals surface area contributed by atoms with E-state index in [1.54, 1.807) is 0 Å². The van der Waals surface area contributed by atoms with Gasteiger partial charge >= 0.3 is 0 Å². The lowest BCUT2D eigenvalue weighted by molar-refractivity contribution is -0.117. The van der Waals surface area contributed by atoms with Crippen molar-refractivity contribution in [2.45, 2.75) is 99.3 Å². The molecule has 3 aliphatic carbocycles. The largest absolute Gasteiger partial charge is 0.330 e. The number of carbonyl (C=O) groups is 2. The summed E-state index contributed by atoms with van der Waals surface area (Å²) in [7, 11) is 0. The maximum absolute atomic E-state index is 13.5. The van der Waals surface area contributed by atoms with Gasteiger partial charge in [-0.25, -0.2) is 0 Å². The highest BCUT2D eigenvalue weighted by molar-refractivity contribution is 6.26. The van der Waals surface area contributed by atoms with Gasteiger partial charge in [0, 0.05) is 28.8 Å². The third kappa shape index (κ3) is 5.09. The van der Waals surface area contributed by atoms with Gasteiger partial charge in [-0.2, -0.15) is 0 Å². The van der Waals surface area contributed by atoms with Gasteiger partial charge in [0.15, 0.2) is 11.6 Å². The molecule has 180 valence electrons. The summed E-state index contributed by atoms with van der Waals surface area (Å²) in [6, 6.07) is 0. The summed E-state index contributed by atoms with van der Waals surface area (Å²) >= 11 is 0. The van der Waals surface area contributed by atoms with Crippen LogP contribution in [0, 0.1) is 10.8 Å². The molecule has 0 amide bonds. The third-order valence-corrected chi connectivity index (χ3v) is 8.59. The molecule has 2 N–H and O–H groups in total. The van der Waals surface area contributed by atoms with E-state index in [-0.39, 0.29) is 22.4 Å². The molecular formula is C30H43NO2. The molecule has 0 bridgehead atoms. The predicted octanol–water partition coefficient (Wildman–Crippen LogP) is 7.10. The minimum absolute atomic E-state index is 0.0260. The maximum Gasteiger partial charge on any atom is 0.186 e. The zero-order valence-electron chi connectivity index (χ0n) is 21.7. The Labute approximate surface area is 201 Å². The molecule has 33 heavy (non-hydrogen) atoms. The minimum atomic E-state index is 0.0260. The fourth-order valence-corrected chi connectivity index (χ4v) is 5.33. The van der Waals surface area contributed by atoms with Crippen LogP contribution in [-0.2, 0) is 9.59 Å². The smallest absolute Gasteiger partial charge is 0.186 e. The average Bonchev–Trinajstić information content (AvgIpc) is 2.82. The quantitative estimate of drug-likeness (QED) is 0.302. The summed E-state index contributed by atoms with van der Waals surface area (Å²) in [5.74, 6) is 0.272. The van der Waals surface area contributed by atoms with E-state index in [0.717, 1.165) is 54.4 Å². The molecule has 3 heteroatoms. The summed E-state index contributed by atoms with van der Waals surface area (Å²) in [4.78, 5) is 26.8. The standard InChI is InChI=1S/C30H43NO2/c1-7-10-21-12-14-23-25(17-21)27(32)24-15-13-22(18-26(24)28(23)33)30(6,8-2)16-9-11-20(3)29(4,5)19-31/h11-13H,7-10,14-19,31H2,1-6H3/b20-11+. The van der Waals surface area contributed by atoms with Crippen molar-refractivity contribution in [3.05, 3.63) is 57.2 Å². The van der Waals surface area contributed by atoms with Gasteiger partial charge in [-0.3, -0.25) is 9.59 Å². The first-order chi connectivity index (χ1) is 15.6. The van der Waals surface area contributed by atoms with Gasteiger partial charge in [0.25, 0.3) is 0 Å². The number of nitrogens with two attached hydrogens (primary N) is 1. The molecule has 0 aromatic rings. The molecule has 1 unspecified atom stereocenters. The van der Waals surface area contributed by atoms with Crippen LogP contribution in [0.2, 0.25) is 0 Å². The Balaban J connectivity index is 1.75. The lowest BCUT2D eigenvalue weighted by Gasteiger charge is -2.36. The van der Waals surface area contributed by atoms with Crippen molar-refractivity contribution in [3.63, 3.8) is 0 Å². The van der Waals surface area contributed by atoms with Crippen molar-refractivity contribution in [1.82, 2.24) is 0 Å². The second-order valence-corrected chi connectivity index (χ2v) is 11.1. The number of hydrogen-bond acceptors (Lipinski definition) is 3. The third-order valence-electron chi connectivity index (χ3n) is 8.59. The van der Waals surface area contributed by atoms with Crippen LogP contribution in [0.4, 0.5) is 0 Å². The van der Waals surface area contributed by atoms with E-state index in [9.17, 15) is 9.59 Å². The lowest BCUT2D eigenvalue weighted by Crippen LogP contribution is -2.30. The first-order valence-corrected chi connectivity index (χ1v) is 12.9. The molecule has 0 spiro atoms. The van der Waals surface area contributed by atoms with E-state index < -0.39 is 0 Å². The molecule has 0 radical (unpaired) electrons. The molecule has 0 aromatic heterocycles. The van der Waals surface area contributed by atoms with Crippen LogP contribution in [0.5, 0.6) is 0 Å². The van der Waals surface area contributed by atoms with E-state index in [1.165, 1.54) is 16.7 Å². The summed E-state index contributed by atoms with van der Waals surface area (Å²) in [6.45, 7) is 13.9. The van der Waals surface area contributed by atoms with Crippen molar-refractivity contribution in [2.24, 2.45) is 16.6 Å². The van der Waals surface area contributed by atoms with Crippen molar-refractivity contribution in [2.75, 3.05) is 6.54 Å². The second-order valence-electron chi connectivity index (χ2n) is 11.1.